The van der Waals surface area contributed by atoms with E-state index in [9.17, 15) is 0 Å². The molecular weight excluding hydrogens is 224 g/mol. The zero-order valence-corrected chi connectivity index (χ0v) is 11.1. The van der Waals surface area contributed by atoms with Crippen molar-refractivity contribution in [3.8, 4) is 0 Å². The number of hydrogen-bond donors (Lipinski definition) is 1. The molecule has 0 radical (unpaired) electrons. The second-order valence-corrected chi connectivity index (χ2v) is 4.95. The fraction of sp³-hybridized carbons (Fsp3) is 1.00. The third-order valence-corrected chi connectivity index (χ3v) is 3.77. The normalized spacial score (nSPS) is 28.7. The highest BCUT2D eigenvalue weighted by molar-refractivity contribution is 5.85. The molecule has 0 spiro atoms. The molecule has 0 amide bonds. The first-order valence-electron chi connectivity index (χ1n) is 6.34. The van der Waals surface area contributed by atoms with E-state index < -0.39 is 0 Å². The lowest BCUT2D eigenvalue weighted by atomic mass is 9.96. The smallest absolute Gasteiger partial charge is 0.0698 e. The Balaban J connectivity index is 0.00000128. The first-order valence-corrected chi connectivity index (χ1v) is 6.34. The third-order valence-electron chi connectivity index (χ3n) is 3.77. The summed E-state index contributed by atoms with van der Waals surface area (Å²) in [6, 6.07) is 0. The fourth-order valence-electron chi connectivity index (χ4n) is 2.80. The highest BCUT2D eigenvalue weighted by Gasteiger charge is 2.22. The van der Waals surface area contributed by atoms with Crippen LogP contribution in [0.2, 0.25) is 0 Å². The molecule has 2 fully saturated rings. The Hall–Kier alpha value is 0.170. The van der Waals surface area contributed by atoms with Gasteiger partial charge in [0.2, 0.25) is 0 Å². The molecule has 16 heavy (non-hydrogen) atoms. The van der Waals surface area contributed by atoms with E-state index in [0.29, 0.717) is 6.10 Å². The molecule has 1 atom stereocenters. The maximum atomic E-state index is 5.46. The number of piperidine rings is 2. The van der Waals surface area contributed by atoms with Crippen LogP contribution in [0.5, 0.6) is 0 Å². The number of nitrogens with zero attached hydrogens (tertiary/aromatic N) is 1. The summed E-state index contributed by atoms with van der Waals surface area (Å²) in [5.74, 6) is 0.918. The Labute approximate surface area is 105 Å². The predicted molar refractivity (Wildman–Crippen MR) is 69.3 cm³/mol. The van der Waals surface area contributed by atoms with Gasteiger partial charge in [-0.1, -0.05) is 0 Å². The minimum Gasteiger partial charge on any atom is -0.380 e. The monoisotopic (exact) mass is 248 g/mol. The van der Waals surface area contributed by atoms with Gasteiger partial charge in [0.05, 0.1) is 6.10 Å². The van der Waals surface area contributed by atoms with Gasteiger partial charge in [-0.05, 0) is 51.2 Å². The Morgan fingerprint density at radius 3 is 2.69 bits per heavy atom. The maximum Gasteiger partial charge on any atom is 0.0698 e. The van der Waals surface area contributed by atoms with Gasteiger partial charge >= 0.3 is 0 Å². The van der Waals surface area contributed by atoms with E-state index in [2.05, 4.69) is 10.2 Å². The zero-order valence-electron chi connectivity index (χ0n) is 10.3. The maximum absolute atomic E-state index is 5.46. The number of methoxy groups -OCH3 is 1. The molecule has 96 valence electrons. The van der Waals surface area contributed by atoms with Crippen molar-refractivity contribution >= 4 is 12.4 Å². The summed E-state index contributed by atoms with van der Waals surface area (Å²) < 4.78 is 5.46. The fourth-order valence-corrected chi connectivity index (χ4v) is 2.80. The quantitative estimate of drug-likeness (QED) is 0.820. The van der Waals surface area contributed by atoms with Crippen LogP contribution < -0.4 is 5.32 Å². The van der Waals surface area contributed by atoms with Gasteiger partial charge < -0.3 is 15.0 Å². The summed E-state index contributed by atoms with van der Waals surface area (Å²) in [6.45, 7) is 6.16. The molecule has 4 heteroatoms. The molecule has 3 nitrogen and oxygen atoms in total. The van der Waals surface area contributed by atoms with Crippen molar-refractivity contribution in [1.82, 2.24) is 10.2 Å². The van der Waals surface area contributed by atoms with E-state index in [4.69, 9.17) is 4.74 Å². The van der Waals surface area contributed by atoms with Crippen LogP contribution >= 0.6 is 12.4 Å². The molecular formula is C12H25ClN2O. The van der Waals surface area contributed by atoms with Gasteiger partial charge in [0.15, 0.2) is 0 Å². The van der Waals surface area contributed by atoms with Crippen molar-refractivity contribution in [3.05, 3.63) is 0 Å². The number of ether oxygens (including phenoxy) is 1. The van der Waals surface area contributed by atoms with E-state index in [1.54, 1.807) is 0 Å². The van der Waals surface area contributed by atoms with Crippen molar-refractivity contribution in [2.24, 2.45) is 5.92 Å². The Morgan fingerprint density at radius 2 is 2.00 bits per heavy atom. The average molecular weight is 249 g/mol. The largest absolute Gasteiger partial charge is 0.380 e. The van der Waals surface area contributed by atoms with E-state index in [0.717, 1.165) is 12.5 Å². The minimum atomic E-state index is 0. The molecule has 2 aliphatic heterocycles. The van der Waals surface area contributed by atoms with E-state index >= 15 is 0 Å². The average Bonchev–Trinajstić information content (AvgIpc) is 2.31. The van der Waals surface area contributed by atoms with Crippen molar-refractivity contribution in [2.45, 2.75) is 31.8 Å². The van der Waals surface area contributed by atoms with Gasteiger partial charge in [0.1, 0.15) is 0 Å². The molecule has 0 aromatic carbocycles. The lowest BCUT2D eigenvalue weighted by Crippen LogP contribution is -2.43. The zero-order chi connectivity index (χ0) is 10.5. The predicted octanol–water partition coefficient (Wildman–Crippen LogP) is 1.52. The van der Waals surface area contributed by atoms with Crippen LogP contribution in [-0.2, 0) is 4.74 Å². The van der Waals surface area contributed by atoms with Crippen LogP contribution in [0.25, 0.3) is 0 Å². The summed E-state index contributed by atoms with van der Waals surface area (Å²) in [4.78, 5) is 2.60. The van der Waals surface area contributed by atoms with Crippen LogP contribution in [0.1, 0.15) is 25.7 Å². The van der Waals surface area contributed by atoms with Crippen molar-refractivity contribution < 1.29 is 4.74 Å². The van der Waals surface area contributed by atoms with Gasteiger partial charge in [0.25, 0.3) is 0 Å². The first kappa shape index (κ1) is 14.2. The molecule has 0 saturated carbocycles. The summed E-state index contributed by atoms with van der Waals surface area (Å²) in [7, 11) is 1.85. The number of rotatable bonds is 3. The molecule has 2 saturated heterocycles. The van der Waals surface area contributed by atoms with Crippen LogP contribution in [0.3, 0.4) is 0 Å². The van der Waals surface area contributed by atoms with Crippen molar-refractivity contribution in [1.29, 1.82) is 0 Å². The van der Waals surface area contributed by atoms with Gasteiger partial charge in [-0.25, -0.2) is 0 Å². The number of hydrogen-bond acceptors (Lipinski definition) is 3. The Bertz CT molecular complexity index is 186. The molecule has 0 aliphatic carbocycles. The van der Waals surface area contributed by atoms with Crippen LogP contribution in [-0.4, -0.2) is 50.8 Å². The van der Waals surface area contributed by atoms with E-state index in [1.807, 2.05) is 7.11 Å². The van der Waals surface area contributed by atoms with Gasteiger partial charge in [-0.2, -0.15) is 0 Å². The molecule has 2 rings (SSSR count). The van der Waals surface area contributed by atoms with Crippen LogP contribution in [0.15, 0.2) is 0 Å². The second kappa shape index (κ2) is 7.49. The highest BCUT2D eigenvalue weighted by Crippen LogP contribution is 2.18. The van der Waals surface area contributed by atoms with Crippen molar-refractivity contribution in [3.63, 3.8) is 0 Å². The number of nitrogens with one attached hydrogen (secondary N) is 1. The molecule has 0 aromatic rings. The molecule has 0 aromatic heterocycles. The lowest BCUT2D eigenvalue weighted by Gasteiger charge is -2.35. The van der Waals surface area contributed by atoms with Gasteiger partial charge in [-0.3, -0.25) is 0 Å². The lowest BCUT2D eigenvalue weighted by molar-refractivity contribution is 0.0241. The second-order valence-electron chi connectivity index (χ2n) is 4.95. The summed E-state index contributed by atoms with van der Waals surface area (Å²) in [5, 5.41) is 3.43. The van der Waals surface area contributed by atoms with Gasteiger partial charge in [-0.15, -0.1) is 12.4 Å². The first-order chi connectivity index (χ1) is 7.38. The van der Waals surface area contributed by atoms with Gasteiger partial charge in [0, 0.05) is 20.2 Å². The summed E-state index contributed by atoms with van der Waals surface area (Å²) >= 11 is 0. The summed E-state index contributed by atoms with van der Waals surface area (Å²) in [6.07, 6.45) is 5.76. The molecule has 2 aliphatic rings. The standard InChI is InChI=1S/C12H24N2O.ClH/c1-15-12-3-2-8-14(10-12)9-11-4-6-13-7-5-11;/h11-13H,2-10H2,1H3;1H. The van der Waals surface area contributed by atoms with Crippen molar-refractivity contribution in [2.75, 3.05) is 39.8 Å². The molecule has 1 unspecified atom stereocenters. The van der Waals surface area contributed by atoms with E-state index in [1.165, 1.54) is 51.9 Å². The molecule has 0 bridgehead atoms. The number of likely N-dealkylation sites (tertiary alicyclic amines) is 1. The number of halogens is 1. The Kier molecular flexibility index (Phi) is 6.66. The van der Waals surface area contributed by atoms with Crippen LogP contribution in [0.4, 0.5) is 0 Å². The summed E-state index contributed by atoms with van der Waals surface area (Å²) in [5.41, 5.74) is 0. The van der Waals surface area contributed by atoms with E-state index in [-0.39, 0.29) is 12.4 Å². The third kappa shape index (κ3) is 4.21. The molecule has 1 N–H and O–H groups in total. The minimum absolute atomic E-state index is 0. The molecule has 2 heterocycles. The van der Waals surface area contributed by atoms with Crippen LogP contribution in [0, 0.1) is 5.92 Å². The Morgan fingerprint density at radius 1 is 1.25 bits per heavy atom. The SMILES string of the molecule is COC1CCCN(CC2CCNCC2)C1.Cl. The highest BCUT2D eigenvalue weighted by atomic mass is 35.5. The topological polar surface area (TPSA) is 24.5 Å².